The lowest BCUT2D eigenvalue weighted by Crippen LogP contribution is -2.44. The average molecular weight is 408 g/mol. The highest BCUT2D eigenvalue weighted by molar-refractivity contribution is 9.10. The van der Waals surface area contributed by atoms with Crippen molar-refractivity contribution in [2.75, 3.05) is 18.9 Å². The van der Waals surface area contributed by atoms with Crippen LogP contribution in [0.25, 0.3) is 0 Å². The zero-order valence-corrected chi connectivity index (χ0v) is 15.6. The summed E-state index contributed by atoms with van der Waals surface area (Å²) in [4.78, 5) is 0.265. The average Bonchev–Trinajstić information content (AvgIpc) is 2.59. The zero-order chi connectivity index (χ0) is 15.9. The topological polar surface area (TPSA) is 49.4 Å². The first kappa shape index (κ1) is 16.6. The van der Waals surface area contributed by atoms with Crippen LogP contribution in [-0.4, -0.2) is 32.4 Å². The van der Waals surface area contributed by atoms with E-state index in [1.165, 1.54) is 25.3 Å². The maximum absolute atomic E-state index is 13.0. The predicted octanol–water partition coefficient (Wildman–Crippen LogP) is 4.10. The van der Waals surface area contributed by atoms with E-state index in [9.17, 15) is 8.42 Å². The van der Waals surface area contributed by atoms with Crippen LogP contribution in [0, 0.1) is 5.92 Å². The second-order valence-corrected chi connectivity index (χ2v) is 9.36. The molecule has 1 aromatic carbocycles. The highest BCUT2D eigenvalue weighted by atomic mass is 79.9. The number of hydrogen-bond acceptors (Lipinski definition) is 3. The van der Waals surface area contributed by atoms with Gasteiger partial charge >= 0.3 is 0 Å². The summed E-state index contributed by atoms with van der Waals surface area (Å²) in [6, 6.07) is 3.28. The van der Waals surface area contributed by atoms with Crippen molar-refractivity contribution in [3.63, 3.8) is 0 Å². The summed E-state index contributed by atoms with van der Waals surface area (Å²) in [5.41, 5.74) is 0.626. The lowest BCUT2D eigenvalue weighted by molar-refractivity contribution is 0.222. The van der Waals surface area contributed by atoms with Crippen LogP contribution in [-0.2, 0) is 10.0 Å². The Kier molecular flexibility index (Phi) is 4.74. The Morgan fingerprint density at radius 3 is 2.64 bits per heavy atom. The number of hydrogen-bond donors (Lipinski definition) is 1. The summed E-state index contributed by atoms with van der Waals surface area (Å²) in [5, 5.41) is 3.73. The molecule has 1 fully saturated rings. The standard InChI is InChI=1S/C15H20BrClN2O2S/c1-19-14(10-5-3-2-4-6-10)9-18-13-7-11(16)12(17)8-15(13)22(19,20)21/h7-8,10,14,18H,2-6,9H2,1H3. The molecule has 1 aliphatic carbocycles. The van der Waals surface area contributed by atoms with Crippen LogP contribution >= 0.6 is 27.5 Å². The maximum atomic E-state index is 13.0. The number of fused-ring (bicyclic) bond motifs is 1. The van der Waals surface area contributed by atoms with Gasteiger partial charge in [-0.25, -0.2) is 8.42 Å². The quantitative estimate of drug-likeness (QED) is 0.762. The van der Waals surface area contributed by atoms with E-state index in [1.807, 2.05) is 0 Å². The van der Waals surface area contributed by atoms with E-state index in [1.54, 1.807) is 17.4 Å². The van der Waals surface area contributed by atoms with Crippen molar-refractivity contribution in [1.29, 1.82) is 0 Å². The van der Waals surface area contributed by atoms with Crippen molar-refractivity contribution in [3.05, 3.63) is 21.6 Å². The normalized spacial score (nSPS) is 26.0. The fourth-order valence-electron chi connectivity index (χ4n) is 3.54. The molecule has 2 aliphatic rings. The van der Waals surface area contributed by atoms with Crippen molar-refractivity contribution in [2.24, 2.45) is 5.92 Å². The highest BCUT2D eigenvalue weighted by Gasteiger charge is 2.37. The summed E-state index contributed by atoms with van der Waals surface area (Å²) in [7, 11) is -1.83. The van der Waals surface area contributed by atoms with Gasteiger partial charge in [0.1, 0.15) is 4.90 Å². The van der Waals surface area contributed by atoms with Crippen LogP contribution in [0.1, 0.15) is 32.1 Å². The molecule has 22 heavy (non-hydrogen) atoms. The number of likely N-dealkylation sites (N-methyl/N-ethyl adjacent to an activating group) is 1. The Labute approximate surface area is 145 Å². The van der Waals surface area contributed by atoms with E-state index < -0.39 is 10.0 Å². The van der Waals surface area contributed by atoms with E-state index in [2.05, 4.69) is 21.2 Å². The summed E-state index contributed by atoms with van der Waals surface area (Å²) < 4.78 is 28.2. The Morgan fingerprint density at radius 1 is 1.27 bits per heavy atom. The van der Waals surface area contributed by atoms with Gasteiger partial charge in [-0.3, -0.25) is 0 Å². The molecule has 0 aromatic heterocycles. The SMILES string of the molecule is CN1C(C2CCCCC2)CNc2cc(Br)c(Cl)cc2S1(=O)=O. The summed E-state index contributed by atoms with van der Waals surface area (Å²) >= 11 is 9.47. The van der Waals surface area contributed by atoms with Gasteiger partial charge in [0, 0.05) is 24.1 Å². The molecular formula is C15H20BrClN2O2S. The van der Waals surface area contributed by atoms with Gasteiger partial charge in [-0.1, -0.05) is 30.9 Å². The molecule has 4 nitrogen and oxygen atoms in total. The van der Waals surface area contributed by atoms with E-state index in [0.29, 0.717) is 27.6 Å². The largest absolute Gasteiger partial charge is 0.382 e. The Morgan fingerprint density at radius 2 is 1.95 bits per heavy atom. The molecule has 0 amide bonds. The van der Waals surface area contributed by atoms with Crippen LogP contribution in [0.5, 0.6) is 0 Å². The van der Waals surface area contributed by atoms with Gasteiger partial charge < -0.3 is 5.32 Å². The van der Waals surface area contributed by atoms with Gasteiger partial charge in [0.05, 0.1) is 10.7 Å². The van der Waals surface area contributed by atoms with Crippen molar-refractivity contribution < 1.29 is 8.42 Å². The fourth-order valence-corrected chi connectivity index (χ4v) is 5.70. The van der Waals surface area contributed by atoms with Gasteiger partial charge in [-0.2, -0.15) is 4.31 Å². The first-order valence-corrected chi connectivity index (χ1v) is 10.2. The second kappa shape index (κ2) is 6.30. The van der Waals surface area contributed by atoms with Crippen molar-refractivity contribution in [2.45, 2.75) is 43.0 Å². The van der Waals surface area contributed by atoms with Crippen molar-refractivity contribution >= 4 is 43.2 Å². The summed E-state index contributed by atoms with van der Waals surface area (Å²) in [5.74, 6) is 0.425. The minimum absolute atomic E-state index is 0.00440. The molecule has 1 N–H and O–H groups in total. The maximum Gasteiger partial charge on any atom is 0.245 e. The molecule has 1 aliphatic heterocycles. The third kappa shape index (κ3) is 2.90. The second-order valence-electron chi connectivity index (χ2n) is 6.13. The number of nitrogens with zero attached hydrogens (tertiary/aromatic N) is 1. The van der Waals surface area contributed by atoms with Crippen molar-refractivity contribution in [3.8, 4) is 0 Å². The molecule has 0 bridgehead atoms. The van der Waals surface area contributed by atoms with Crippen LogP contribution in [0.2, 0.25) is 5.02 Å². The lowest BCUT2D eigenvalue weighted by atomic mass is 9.84. The van der Waals surface area contributed by atoms with Gasteiger partial charge in [-0.05, 0) is 46.8 Å². The van der Waals surface area contributed by atoms with Crippen LogP contribution < -0.4 is 5.32 Å². The molecule has 1 unspecified atom stereocenters. The summed E-state index contributed by atoms with van der Waals surface area (Å²) in [6.07, 6.45) is 5.86. The number of halogens is 2. The first-order valence-electron chi connectivity index (χ1n) is 7.62. The number of anilines is 1. The van der Waals surface area contributed by atoms with Crippen LogP contribution in [0.4, 0.5) is 5.69 Å². The fraction of sp³-hybridized carbons (Fsp3) is 0.600. The van der Waals surface area contributed by atoms with Gasteiger partial charge in [0.25, 0.3) is 0 Å². The van der Waals surface area contributed by atoms with E-state index in [-0.39, 0.29) is 10.9 Å². The van der Waals surface area contributed by atoms with Gasteiger partial charge in [0.15, 0.2) is 0 Å². The predicted molar refractivity (Wildman–Crippen MR) is 93.0 cm³/mol. The molecule has 1 aromatic rings. The molecule has 0 spiro atoms. The molecule has 1 saturated carbocycles. The zero-order valence-electron chi connectivity index (χ0n) is 12.5. The smallest absolute Gasteiger partial charge is 0.245 e. The Balaban J connectivity index is 2.00. The minimum Gasteiger partial charge on any atom is -0.382 e. The molecule has 3 rings (SSSR count). The minimum atomic E-state index is -3.53. The third-order valence-electron chi connectivity index (χ3n) is 4.84. The lowest BCUT2D eigenvalue weighted by Gasteiger charge is -2.34. The number of rotatable bonds is 1. The van der Waals surface area contributed by atoms with Crippen molar-refractivity contribution in [1.82, 2.24) is 4.31 Å². The molecule has 122 valence electrons. The molecule has 0 radical (unpaired) electrons. The number of sulfonamides is 1. The monoisotopic (exact) mass is 406 g/mol. The third-order valence-corrected chi connectivity index (χ3v) is 7.96. The van der Waals surface area contributed by atoms with Gasteiger partial charge in [-0.15, -0.1) is 0 Å². The van der Waals surface area contributed by atoms with Crippen LogP contribution in [0.3, 0.4) is 0 Å². The molecule has 0 saturated heterocycles. The molecule has 1 atom stereocenters. The van der Waals surface area contributed by atoms with E-state index in [4.69, 9.17) is 11.6 Å². The number of nitrogens with one attached hydrogen (secondary N) is 1. The van der Waals surface area contributed by atoms with Gasteiger partial charge in [0.2, 0.25) is 10.0 Å². The Bertz CT molecular complexity index is 674. The first-order chi connectivity index (χ1) is 10.4. The molecule has 1 heterocycles. The van der Waals surface area contributed by atoms with Crippen LogP contribution in [0.15, 0.2) is 21.5 Å². The Hall–Kier alpha value is -0.300. The van der Waals surface area contributed by atoms with E-state index >= 15 is 0 Å². The van der Waals surface area contributed by atoms with E-state index in [0.717, 1.165) is 12.8 Å². The molecule has 7 heteroatoms. The summed E-state index contributed by atoms with van der Waals surface area (Å²) in [6.45, 7) is 0.640. The highest BCUT2D eigenvalue weighted by Crippen LogP contribution is 2.38. The number of benzene rings is 1. The molecular weight excluding hydrogens is 388 g/mol.